The third-order valence-corrected chi connectivity index (χ3v) is 6.52. The maximum atomic E-state index is 11.8. The Labute approximate surface area is 127 Å². The van der Waals surface area contributed by atoms with Crippen LogP contribution in [-0.2, 0) is 4.74 Å². The molecule has 1 amide bonds. The molecule has 1 unspecified atom stereocenters. The highest BCUT2D eigenvalue weighted by molar-refractivity contribution is 5.69. The number of carbonyl (C=O) groups is 1. The molecule has 21 heavy (non-hydrogen) atoms. The van der Waals surface area contributed by atoms with Gasteiger partial charge in [-0.25, -0.2) is 4.79 Å². The molecule has 4 saturated carbocycles. The van der Waals surface area contributed by atoms with Crippen LogP contribution in [0.5, 0.6) is 0 Å². The molecule has 0 aromatic carbocycles. The Kier molecular flexibility index (Phi) is 3.40. The topological polar surface area (TPSA) is 41.6 Å². The highest BCUT2D eigenvalue weighted by atomic mass is 16.6. The van der Waals surface area contributed by atoms with Gasteiger partial charge < -0.3 is 15.0 Å². The Morgan fingerprint density at radius 3 is 2.33 bits per heavy atom. The van der Waals surface area contributed by atoms with Gasteiger partial charge in [0.1, 0.15) is 6.61 Å². The lowest BCUT2D eigenvalue weighted by Gasteiger charge is -2.59. The Morgan fingerprint density at radius 1 is 1.24 bits per heavy atom. The SMILES string of the molecule is CCNC(CN1CCOC1=O)C12CC3CC(CC(C3)C1)C2. The van der Waals surface area contributed by atoms with Gasteiger partial charge in [-0.15, -0.1) is 0 Å². The predicted molar refractivity (Wildman–Crippen MR) is 81.0 cm³/mol. The zero-order valence-electron chi connectivity index (χ0n) is 13.1. The minimum atomic E-state index is -0.109. The summed E-state index contributed by atoms with van der Waals surface area (Å²) in [5.74, 6) is 2.88. The quantitative estimate of drug-likeness (QED) is 0.847. The van der Waals surface area contributed by atoms with Crippen molar-refractivity contribution in [2.45, 2.75) is 51.5 Å². The number of nitrogens with zero attached hydrogens (tertiary/aromatic N) is 1. The standard InChI is InChI=1S/C17H28N2O2/c1-2-18-15(11-19-3-4-21-16(19)20)17-8-12-5-13(9-17)7-14(6-12)10-17/h12-15,18H,2-11H2,1H3. The van der Waals surface area contributed by atoms with Gasteiger partial charge in [-0.3, -0.25) is 0 Å². The van der Waals surface area contributed by atoms with Gasteiger partial charge in [-0.1, -0.05) is 6.92 Å². The molecular formula is C17H28N2O2. The molecule has 1 N–H and O–H groups in total. The number of hydrogen-bond donors (Lipinski definition) is 1. The van der Waals surface area contributed by atoms with Gasteiger partial charge in [-0.2, -0.15) is 0 Å². The van der Waals surface area contributed by atoms with Crippen LogP contribution in [0.4, 0.5) is 4.79 Å². The summed E-state index contributed by atoms with van der Waals surface area (Å²) in [6.45, 7) is 5.37. The number of likely N-dealkylation sites (N-methyl/N-ethyl adjacent to an activating group) is 1. The number of rotatable bonds is 5. The normalized spacial score (nSPS) is 42.4. The maximum absolute atomic E-state index is 11.8. The monoisotopic (exact) mass is 292 g/mol. The highest BCUT2D eigenvalue weighted by Gasteiger charge is 2.54. The average molecular weight is 292 g/mol. The van der Waals surface area contributed by atoms with Crippen LogP contribution < -0.4 is 5.32 Å². The van der Waals surface area contributed by atoms with Crippen molar-refractivity contribution in [2.24, 2.45) is 23.2 Å². The zero-order valence-corrected chi connectivity index (χ0v) is 13.1. The minimum Gasteiger partial charge on any atom is -0.448 e. The van der Waals surface area contributed by atoms with E-state index in [2.05, 4.69) is 12.2 Å². The second-order valence-electron chi connectivity index (χ2n) is 7.95. The summed E-state index contributed by atoms with van der Waals surface area (Å²) in [7, 11) is 0. The molecule has 4 bridgehead atoms. The predicted octanol–water partition coefficient (Wildman–Crippen LogP) is 2.63. The minimum absolute atomic E-state index is 0.109. The highest BCUT2D eigenvalue weighted by Crippen LogP contribution is 2.61. The van der Waals surface area contributed by atoms with Crippen molar-refractivity contribution in [3.8, 4) is 0 Å². The van der Waals surface area contributed by atoms with Gasteiger partial charge in [-0.05, 0) is 68.2 Å². The van der Waals surface area contributed by atoms with Crippen molar-refractivity contribution in [3.63, 3.8) is 0 Å². The van der Waals surface area contributed by atoms with Gasteiger partial charge in [0.15, 0.2) is 0 Å². The van der Waals surface area contributed by atoms with Crippen molar-refractivity contribution in [1.29, 1.82) is 0 Å². The molecule has 118 valence electrons. The van der Waals surface area contributed by atoms with Crippen molar-refractivity contribution < 1.29 is 9.53 Å². The molecule has 1 aliphatic heterocycles. The summed E-state index contributed by atoms with van der Waals surface area (Å²) in [6, 6.07) is 0.460. The lowest BCUT2D eigenvalue weighted by atomic mass is 9.47. The summed E-state index contributed by atoms with van der Waals surface area (Å²) in [6.07, 6.45) is 8.48. The fourth-order valence-corrected chi connectivity index (χ4v) is 6.14. The largest absolute Gasteiger partial charge is 0.448 e. The van der Waals surface area contributed by atoms with E-state index in [0.29, 0.717) is 18.1 Å². The smallest absolute Gasteiger partial charge is 0.409 e. The second-order valence-corrected chi connectivity index (χ2v) is 7.95. The molecule has 5 fully saturated rings. The van der Waals surface area contributed by atoms with Gasteiger partial charge in [0.25, 0.3) is 0 Å². The molecule has 0 aromatic heterocycles. The summed E-state index contributed by atoms with van der Waals surface area (Å²) < 4.78 is 5.12. The number of nitrogens with one attached hydrogen (secondary N) is 1. The van der Waals surface area contributed by atoms with Crippen LogP contribution in [0.15, 0.2) is 0 Å². The molecule has 5 aliphatic rings. The van der Waals surface area contributed by atoms with Gasteiger partial charge in [0, 0.05) is 12.6 Å². The van der Waals surface area contributed by atoms with Crippen LogP contribution in [0.2, 0.25) is 0 Å². The maximum Gasteiger partial charge on any atom is 0.409 e. The van der Waals surface area contributed by atoms with Gasteiger partial charge >= 0.3 is 6.09 Å². The van der Waals surface area contributed by atoms with Crippen molar-refractivity contribution >= 4 is 6.09 Å². The number of carbonyl (C=O) groups excluding carboxylic acids is 1. The van der Waals surface area contributed by atoms with E-state index in [9.17, 15) is 4.79 Å². The van der Waals surface area contributed by atoms with E-state index in [1.807, 2.05) is 4.90 Å². The van der Waals surface area contributed by atoms with Crippen LogP contribution in [-0.4, -0.2) is 43.3 Å². The number of amides is 1. The average Bonchev–Trinajstić information content (AvgIpc) is 2.82. The van der Waals surface area contributed by atoms with E-state index in [-0.39, 0.29) is 6.09 Å². The summed E-state index contributed by atoms with van der Waals surface area (Å²) in [5, 5.41) is 3.74. The van der Waals surface area contributed by atoms with Crippen molar-refractivity contribution in [3.05, 3.63) is 0 Å². The molecular weight excluding hydrogens is 264 g/mol. The lowest BCUT2D eigenvalue weighted by molar-refractivity contribution is -0.0764. The molecule has 4 nitrogen and oxygen atoms in total. The number of cyclic esters (lactones) is 1. The van der Waals surface area contributed by atoms with Crippen molar-refractivity contribution in [2.75, 3.05) is 26.2 Å². The first kappa shape index (κ1) is 13.9. The third-order valence-electron chi connectivity index (χ3n) is 6.52. The van der Waals surface area contributed by atoms with Crippen LogP contribution in [0.25, 0.3) is 0 Å². The molecule has 0 spiro atoms. The van der Waals surface area contributed by atoms with Crippen LogP contribution in [0.1, 0.15) is 45.4 Å². The van der Waals surface area contributed by atoms with Gasteiger partial charge in [0.05, 0.1) is 6.54 Å². The molecule has 1 atom stereocenters. The summed E-state index contributed by atoms with van der Waals surface area (Å²) in [4.78, 5) is 13.7. The molecule has 1 heterocycles. The van der Waals surface area contributed by atoms with E-state index in [1.54, 1.807) is 0 Å². The number of ether oxygens (including phenoxy) is 1. The van der Waals surface area contributed by atoms with E-state index in [1.165, 1.54) is 38.5 Å². The fraction of sp³-hybridized carbons (Fsp3) is 0.941. The lowest BCUT2D eigenvalue weighted by Crippen LogP contribution is -2.59. The van der Waals surface area contributed by atoms with Crippen LogP contribution in [0.3, 0.4) is 0 Å². The first-order valence-electron chi connectivity index (χ1n) is 8.83. The van der Waals surface area contributed by atoms with Crippen LogP contribution in [0, 0.1) is 23.2 Å². The first-order chi connectivity index (χ1) is 10.2. The molecule has 4 heteroatoms. The Bertz CT molecular complexity index is 388. The molecule has 0 radical (unpaired) electrons. The fourth-order valence-electron chi connectivity index (χ4n) is 6.14. The Morgan fingerprint density at radius 2 is 1.86 bits per heavy atom. The Hall–Kier alpha value is -0.770. The van der Waals surface area contributed by atoms with E-state index >= 15 is 0 Å². The Balaban J connectivity index is 1.54. The van der Waals surface area contributed by atoms with E-state index in [4.69, 9.17) is 4.74 Å². The third kappa shape index (κ3) is 2.36. The second kappa shape index (κ2) is 5.15. The summed E-state index contributed by atoms with van der Waals surface area (Å²) in [5.41, 5.74) is 0.452. The van der Waals surface area contributed by atoms with Gasteiger partial charge in [0.2, 0.25) is 0 Å². The molecule has 5 rings (SSSR count). The van der Waals surface area contributed by atoms with E-state index in [0.717, 1.165) is 37.4 Å². The van der Waals surface area contributed by atoms with E-state index < -0.39 is 0 Å². The van der Waals surface area contributed by atoms with Crippen molar-refractivity contribution in [1.82, 2.24) is 10.2 Å². The number of hydrogen-bond acceptors (Lipinski definition) is 3. The molecule has 4 aliphatic carbocycles. The zero-order chi connectivity index (χ0) is 14.4. The first-order valence-corrected chi connectivity index (χ1v) is 8.83. The summed E-state index contributed by atoms with van der Waals surface area (Å²) >= 11 is 0. The molecule has 1 saturated heterocycles. The molecule has 0 aromatic rings. The van der Waals surface area contributed by atoms with Crippen LogP contribution >= 0.6 is 0 Å².